The quantitative estimate of drug-likeness (QED) is 0.915. The molecular weight excluding hydrogens is 276 g/mol. The highest BCUT2D eigenvalue weighted by Crippen LogP contribution is 2.20. The number of halogens is 2. The second kappa shape index (κ2) is 6.83. The zero-order valence-corrected chi connectivity index (χ0v) is 11.5. The summed E-state index contributed by atoms with van der Waals surface area (Å²) in [5, 5.41) is 2.71. The van der Waals surface area contributed by atoms with Gasteiger partial charge in [-0.15, -0.1) is 0 Å². The SMILES string of the molecule is Cc1ccccc1C(=O)NCc1ccccc1OC(F)F. The number of para-hydroxylation sites is 1. The minimum absolute atomic E-state index is 0.0672. The lowest BCUT2D eigenvalue weighted by molar-refractivity contribution is -0.0504. The van der Waals surface area contributed by atoms with Gasteiger partial charge in [0, 0.05) is 17.7 Å². The number of hydrogen-bond acceptors (Lipinski definition) is 2. The maximum Gasteiger partial charge on any atom is 0.387 e. The first kappa shape index (κ1) is 15.0. The number of ether oxygens (including phenoxy) is 1. The fourth-order valence-electron chi connectivity index (χ4n) is 1.96. The lowest BCUT2D eigenvalue weighted by atomic mass is 10.1. The van der Waals surface area contributed by atoms with Crippen molar-refractivity contribution in [1.82, 2.24) is 5.32 Å². The summed E-state index contributed by atoms with van der Waals surface area (Å²) >= 11 is 0. The number of carbonyl (C=O) groups excluding carboxylic acids is 1. The van der Waals surface area contributed by atoms with Crippen LogP contribution in [0.1, 0.15) is 21.5 Å². The van der Waals surface area contributed by atoms with Crippen molar-refractivity contribution >= 4 is 5.91 Å². The Labute approximate surface area is 121 Å². The van der Waals surface area contributed by atoms with Gasteiger partial charge in [-0.05, 0) is 24.6 Å². The lowest BCUT2D eigenvalue weighted by Gasteiger charge is -2.12. The third-order valence-corrected chi connectivity index (χ3v) is 3.02. The molecule has 2 rings (SSSR count). The first-order chi connectivity index (χ1) is 10.1. The zero-order chi connectivity index (χ0) is 15.2. The van der Waals surface area contributed by atoms with Crippen LogP contribution in [0.2, 0.25) is 0 Å². The van der Waals surface area contributed by atoms with Crippen molar-refractivity contribution in [2.24, 2.45) is 0 Å². The third kappa shape index (κ3) is 4.02. The molecule has 0 atom stereocenters. The third-order valence-electron chi connectivity index (χ3n) is 3.02. The molecule has 0 saturated heterocycles. The van der Waals surface area contributed by atoms with Crippen molar-refractivity contribution in [3.05, 3.63) is 65.2 Å². The summed E-state index contributed by atoms with van der Waals surface area (Å²) < 4.78 is 29.0. The van der Waals surface area contributed by atoms with Gasteiger partial charge in [0.2, 0.25) is 0 Å². The summed E-state index contributed by atoms with van der Waals surface area (Å²) in [6, 6.07) is 13.6. The van der Waals surface area contributed by atoms with Gasteiger partial charge in [-0.3, -0.25) is 4.79 Å². The number of alkyl halides is 2. The number of aryl methyl sites for hydroxylation is 1. The van der Waals surface area contributed by atoms with E-state index in [1.54, 1.807) is 30.3 Å². The lowest BCUT2D eigenvalue weighted by Crippen LogP contribution is -2.24. The maximum absolute atomic E-state index is 12.3. The second-order valence-corrected chi connectivity index (χ2v) is 4.48. The molecule has 0 unspecified atom stereocenters. The first-order valence-corrected chi connectivity index (χ1v) is 6.44. The molecule has 0 radical (unpaired) electrons. The summed E-state index contributed by atoms with van der Waals surface area (Å²) in [6.45, 7) is -0.933. The highest BCUT2D eigenvalue weighted by atomic mass is 19.3. The summed E-state index contributed by atoms with van der Waals surface area (Å²) in [5.74, 6) is -0.183. The molecule has 0 spiro atoms. The van der Waals surface area contributed by atoms with Crippen LogP contribution in [0.25, 0.3) is 0 Å². The largest absolute Gasteiger partial charge is 0.434 e. The smallest absolute Gasteiger partial charge is 0.387 e. The molecule has 21 heavy (non-hydrogen) atoms. The number of amides is 1. The Balaban J connectivity index is 2.07. The standard InChI is InChI=1S/C16H15F2NO2/c1-11-6-2-4-8-13(11)15(20)19-10-12-7-3-5-9-14(12)21-16(17)18/h2-9,16H,10H2,1H3,(H,19,20). The topological polar surface area (TPSA) is 38.3 Å². The summed E-state index contributed by atoms with van der Waals surface area (Å²) in [5.41, 5.74) is 1.91. The van der Waals surface area contributed by atoms with Crippen molar-refractivity contribution < 1.29 is 18.3 Å². The number of hydrogen-bond donors (Lipinski definition) is 1. The molecule has 0 aromatic heterocycles. The molecule has 5 heteroatoms. The molecule has 0 aliphatic rings. The van der Waals surface area contributed by atoms with Gasteiger partial charge < -0.3 is 10.1 Å². The van der Waals surface area contributed by atoms with E-state index >= 15 is 0 Å². The molecular formula is C16H15F2NO2. The Bertz CT molecular complexity index is 629. The number of rotatable bonds is 5. The Morgan fingerprint density at radius 3 is 2.52 bits per heavy atom. The van der Waals surface area contributed by atoms with Crippen molar-refractivity contribution in [3.8, 4) is 5.75 Å². The van der Waals surface area contributed by atoms with E-state index < -0.39 is 6.61 Å². The van der Waals surface area contributed by atoms with E-state index in [1.807, 2.05) is 19.1 Å². The predicted octanol–water partition coefficient (Wildman–Crippen LogP) is 3.53. The van der Waals surface area contributed by atoms with E-state index in [-0.39, 0.29) is 18.2 Å². The maximum atomic E-state index is 12.3. The van der Waals surface area contributed by atoms with Crippen molar-refractivity contribution in [2.75, 3.05) is 0 Å². The van der Waals surface area contributed by atoms with E-state index in [4.69, 9.17) is 0 Å². The van der Waals surface area contributed by atoms with Gasteiger partial charge in [0.05, 0.1) is 0 Å². The summed E-state index contributed by atoms with van der Waals surface area (Å²) in [4.78, 5) is 12.1. The van der Waals surface area contributed by atoms with E-state index in [2.05, 4.69) is 10.1 Å². The van der Waals surface area contributed by atoms with E-state index in [1.165, 1.54) is 6.07 Å². The first-order valence-electron chi connectivity index (χ1n) is 6.44. The van der Waals surface area contributed by atoms with Crippen LogP contribution in [-0.2, 0) is 6.54 Å². The molecule has 2 aromatic carbocycles. The molecule has 3 nitrogen and oxygen atoms in total. The van der Waals surface area contributed by atoms with Crippen LogP contribution in [0, 0.1) is 6.92 Å². The van der Waals surface area contributed by atoms with Crippen molar-refractivity contribution in [1.29, 1.82) is 0 Å². The minimum Gasteiger partial charge on any atom is -0.434 e. The van der Waals surface area contributed by atoms with Crippen LogP contribution in [0.3, 0.4) is 0 Å². The van der Waals surface area contributed by atoms with Crippen molar-refractivity contribution in [3.63, 3.8) is 0 Å². The van der Waals surface area contributed by atoms with Crippen LogP contribution >= 0.6 is 0 Å². The van der Waals surface area contributed by atoms with Crippen molar-refractivity contribution in [2.45, 2.75) is 20.1 Å². The van der Waals surface area contributed by atoms with Gasteiger partial charge in [0.15, 0.2) is 0 Å². The molecule has 0 aliphatic heterocycles. The number of nitrogens with one attached hydrogen (secondary N) is 1. The highest BCUT2D eigenvalue weighted by molar-refractivity contribution is 5.95. The molecule has 0 fully saturated rings. The summed E-state index contributed by atoms with van der Waals surface area (Å²) in [7, 11) is 0. The molecule has 2 aromatic rings. The molecule has 0 saturated carbocycles. The summed E-state index contributed by atoms with van der Waals surface area (Å²) in [6.07, 6.45) is 0. The van der Waals surface area contributed by atoms with Crippen LogP contribution in [0.4, 0.5) is 8.78 Å². The Hall–Kier alpha value is -2.43. The molecule has 0 bridgehead atoms. The van der Waals surface area contributed by atoms with Gasteiger partial charge in [-0.25, -0.2) is 0 Å². The van der Waals surface area contributed by atoms with E-state index in [0.29, 0.717) is 11.1 Å². The van der Waals surface area contributed by atoms with Crippen LogP contribution in [0.15, 0.2) is 48.5 Å². The van der Waals surface area contributed by atoms with Gasteiger partial charge in [-0.2, -0.15) is 8.78 Å². The van der Waals surface area contributed by atoms with Crippen LogP contribution in [0.5, 0.6) is 5.75 Å². The fourth-order valence-corrected chi connectivity index (χ4v) is 1.96. The zero-order valence-electron chi connectivity index (χ0n) is 11.5. The highest BCUT2D eigenvalue weighted by Gasteiger charge is 2.11. The van der Waals surface area contributed by atoms with Crippen LogP contribution in [-0.4, -0.2) is 12.5 Å². The van der Waals surface area contributed by atoms with E-state index in [0.717, 1.165) is 5.56 Å². The number of carbonyl (C=O) groups is 1. The molecule has 110 valence electrons. The normalized spacial score (nSPS) is 10.5. The molecule has 0 aliphatic carbocycles. The van der Waals surface area contributed by atoms with Gasteiger partial charge >= 0.3 is 6.61 Å². The van der Waals surface area contributed by atoms with Gasteiger partial charge in [0.1, 0.15) is 5.75 Å². The van der Waals surface area contributed by atoms with E-state index in [9.17, 15) is 13.6 Å². The monoisotopic (exact) mass is 291 g/mol. The molecule has 1 amide bonds. The number of benzene rings is 2. The second-order valence-electron chi connectivity index (χ2n) is 4.48. The average Bonchev–Trinajstić information content (AvgIpc) is 2.46. The Morgan fingerprint density at radius 2 is 1.81 bits per heavy atom. The minimum atomic E-state index is -2.89. The van der Waals surface area contributed by atoms with Gasteiger partial charge in [0.25, 0.3) is 5.91 Å². The molecule has 1 N–H and O–H groups in total. The predicted molar refractivity (Wildman–Crippen MR) is 75.4 cm³/mol. The Kier molecular flexibility index (Phi) is 4.87. The van der Waals surface area contributed by atoms with Crippen LogP contribution < -0.4 is 10.1 Å². The fraction of sp³-hybridized carbons (Fsp3) is 0.188. The average molecular weight is 291 g/mol. The van der Waals surface area contributed by atoms with Gasteiger partial charge in [-0.1, -0.05) is 36.4 Å². The Morgan fingerprint density at radius 1 is 1.14 bits per heavy atom. The molecule has 0 heterocycles.